The highest BCUT2D eigenvalue weighted by Crippen LogP contribution is 2.28. The molecule has 16 heavy (non-hydrogen) atoms. The zero-order chi connectivity index (χ0) is 11.7. The molecule has 0 spiro atoms. The van der Waals surface area contributed by atoms with Crippen molar-refractivity contribution >= 4 is 22.6 Å². The van der Waals surface area contributed by atoms with Gasteiger partial charge in [-0.15, -0.1) is 0 Å². The molecule has 0 aliphatic rings. The van der Waals surface area contributed by atoms with E-state index >= 15 is 0 Å². The average Bonchev–Trinajstić information content (AvgIpc) is 2.26. The van der Waals surface area contributed by atoms with E-state index in [1.54, 1.807) is 6.07 Å². The van der Waals surface area contributed by atoms with Crippen LogP contribution in [0.3, 0.4) is 0 Å². The quantitative estimate of drug-likeness (QED) is 0.679. The van der Waals surface area contributed by atoms with Crippen molar-refractivity contribution in [1.29, 1.82) is 0 Å². The first-order valence-electron chi connectivity index (χ1n) is 4.49. The topological polar surface area (TPSA) is 0 Å². The summed E-state index contributed by atoms with van der Waals surface area (Å²) in [5.74, 6) is -2.57. The van der Waals surface area contributed by atoms with Crippen LogP contribution in [0.2, 0.25) is 0 Å². The predicted octanol–water partition coefficient (Wildman–Crippen LogP) is 4.38. The molecule has 0 aliphatic heterocycles. The fourth-order valence-electron chi connectivity index (χ4n) is 1.42. The Morgan fingerprint density at radius 2 is 1.56 bits per heavy atom. The van der Waals surface area contributed by atoms with E-state index in [-0.39, 0.29) is 11.1 Å². The second-order valence-electron chi connectivity index (χ2n) is 3.23. The zero-order valence-corrected chi connectivity index (χ0v) is 10.1. The van der Waals surface area contributed by atoms with Crippen LogP contribution in [-0.4, -0.2) is 0 Å². The predicted molar refractivity (Wildman–Crippen MR) is 64.5 cm³/mol. The molecule has 0 unspecified atom stereocenters. The molecule has 0 aromatic heterocycles. The molecule has 2 rings (SSSR count). The third kappa shape index (κ3) is 2.07. The van der Waals surface area contributed by atoms with Gasteiger partial charge in [0.25, 0.3) is 0 Å². The van der Waals surface area contributed by atoms with Gasteiger partial charge in [0.05, 0.1) is 0 Å². The summed E-state index contributed by atoms with van der Waals surface area (Å²) in [6.07, 6.45) is 0. The highest BCUT2D eigenvalue weighted by atomic mass is 127. The van der Waals surface area contributed by atoms with Gasteiger partial charge in [-0.25, -0.2) is 13.2 Å². The maximum Gasteiger partial charge on any atom is 0.166 e. The Hall–Kier alpha value is -1.04. The molecule has 0 heterocycles. The third-order valence-corrected chi connectivity index (χ3v) is 2.84. The van der Waals surface area contributed by atoms with Gasteiger partial charge < -0.3 is 0 Å². The van der Waals surface area contributed by atoms with Crippen LogP contribution in [-0.2, 0) is 0 Å². The van der Waals surface area contributed by atoms with E-state index in [1.807, 2.05) is 22.6 Å². The maximum absolute atomic E-state index is 13.5. The summed E-state index contributed by atoms with van der Waals surface area (Å²) in [6, 6.07) is 8.00. The van der Waals surface area contributed by atoms with Gasteiger partial charge in [-0.3, -0.25) is 0 Å². The standard InChI is InChI=1S/C12H6F3I/c13-10-5-4-7(16)6-9(10)8-2-1-3-11(14)12(8)15/h1-6H. The van der Waals surface area contributed by atoms with E-state index in [9.17, 15) is 13.2 Å². The summed E-state index contributed by atoms with van der Waals surface area (Å²) in [5, 5.41) is 0. The molecule has 4 heteroatoms. The van der Waals surface area contributed by atoms with E-state index in [2.05, 4.69) is 0 Å². The summed E-state index contributed by atoms with van der Waals surface area (Å²) < 4.78 is 40.7. The van der Waals surface area contributed by atoms with Crippen LogP contribution in [0.25, 0.3) is 11.1 Å². The van der Waals surface area contributed by atoms with E-state index in [0.29, 0.717) is 0 Å². The van der Waals surface area contributed by atoms with Gasteiger partial charge >= 0.3 is 0 Å². The molecule has 0 saturated carbocycles. The van der Waals surface area contributed by atoms with Gasteiger partial charge in [-0.05, 0) is 46.9 Å². The minimum atomic E-state index is -1.02. The van der Waals surface area contributed by atoms with Crippen LogP contribution >= 0.6 is 22.6 Å². The van der Waals surface area contributed by atoms with Crippen molar-refractivity contribution < 1.29 is 13.2 Å². The maximum atomic E-state index is 13.5. The SMILES string of the molecule is Fc1ccc(I)cc1-c1cccc(F)c1F. The normalized spacial score (nSPS) is 10.5. The van der Waals surface area contributed by atoms with Gasteiger partial charge in [0.2, 0.25) is 0 Å². The van der Waals surface area contributed by atoms with E-state index in [1.165, 1.54) is 24.3 Å². The molecule has 0 atom stereocenters. The Morgan fingerprint density at radius 3 is 2.31 bits per heavy atom. The van der Waals surface area contributed by atoms with Crippen LogP contribution < -0.4 is 0 Å². The van der Waals surface area contributed by atoms with Crippen LogP contribution in [0, 0.1) is 21.0 Å². The Morgan fingerprint density at radius 1 is 0.812 bits per heavy atom. The average molecular weight is 334 g/mol. The number of hydrogen-bond acceptors (Lipinski definition) is 0. The van der Waals surface area contributed by atoms with E-state index in [0.717, 1.165) is 9.64 Å². The lowest BCUT2D eigenvalue weighted by Crippen LogP contribution is -1.92. The molecule has 0 aliphatic carbocycles. The lowest BCUT2D eigenvalue weighted by Gasteiger charge is -2.06. The number of halogens is 4. The van der Waals surface area contributed by atoms with Crippen LogP contribution in [0.5, 0.6) is 0 Å². The molecule has 0 radical (unpaired) electrons. The first-order valence-corrected chi connectivity index (χ1v) is 5.57. The van der Waals surface area contributed by atoms with Gasteiger partial charge in [-0.2, -0.15) is 0 Å². The van der Waals surface area contributed by atoms with Crippen molar-refractivity contribution in [2.45, 2.75) is 0 Å². The highest BCUT2D eigenvalue weighted by molar-refractivity contribution is 14.1. The molecular weight excluding hydrogens is 328 g/mol. The van der Waals surface area contributed by atoms with Crippen molar-refractivity contribution in [3.8, 4) is 11.1 Å². The smallest absolute Gasteiger partial charge is 0.166 e. The molecule has 0 N–H and O–H groups in total. The van der Waals surface area contributed by atoms with Crippen molar-refractivity contribution in [3.05, 3.63) is 57.4 Å². The summed E-state index contributed by atoms with van der Waals surface area (Å²) in [5.41, 5.74) is 0.0138. The molecular formula is C12H6F3I. The molecule has 0 bridgehead atoms. The molecule has 2 aromatic carbocycles. The number of rotatable bonds is 1. The van der Waals surface area contributed by atoms with Crippen molar-refractivity contribution in [3.63, 3.8) is 0 Å². The Labute approximate surface area is 104 Å². The first kappa shape index (κ1) is 11.4. The fourth-order valence-corrected chi connectivity index (χ4v) is 1.91. The van der Waals surface area contributed by atoms with Gasteiger partial charge in [0, 0.05) is 14.7 Å². The summed E-state index contributed by atoms with van der Waals surface area (Å²) in [7, 11) is 0. The Balaban J connectivity index is 2.67. The Kier molecular flexibility index (Phi) is 3.18. The minimum absolute atomic E-state index is 0.0592. The highest BCUT2D eigenvalue weighted by Gasteiger charge is 2.13. The Bertz CT molecular complexity index is 538. The first-order chi connectivity index (χ1) is 7.59. The molecule has 2 aromatic rings. The molecule has 0 nitrogen and oxygen atoms in total. The van der Waals surface area contributed by atoms with E-state index < -0.39 is 17.5 Å². The lowest BCUT2D eigenvalue weighted by atomic mass is 10.0. The monoisotopic (exact) mass is 334 g/mol. The lowest BCUT2D eigenvalue weighted by molar-refractivity contribution is 0.510. The summed E-state index contributed by atoms with van der Waals surface area (Å²) in [4.78, 5) is 0. The van der Waals surface area contributed by atoms with Crippen molar-refractivity contribution in [2.24, 2.45) is 0 Å². The largest absolute Gasteiger partial charge is 0.206 e. The number of benzene rings is 2. The van der Waals surface area contributed by atoms with Gasteiger partial charge in [0.1, 0.15) is 5.82 Å². The van der Waals surface area contributed by atoms with Gasteiger partial charge in [-0.1, -0.05) is 12.1 Å². The molecule has 0 fully saturated rings. The third-order valence-electron chi connectivity index (χ3n) is 2.17. The van der Waals surface area contributed by atoms with Crippen LogP contribution in [0.1, 0.15) is 0 Å². The second-order valence-corrected chi connectivity index (χ2v) is 4.47. The van der Waals surface area contributed by atoms with Crippen LogP contribution in [0.15, 0.2) is 36.4 Å². The van der Waals surface area contributed by atoms with Crippen molar-refractivity contribution in [1.82, 2.24) is 0 Å². The molecule has 0 saturated heterocycles. The van der Waals surface area contributed by atoms with Gasteiger partial charge in [0.15, 0.2) is 11.6 Å². The molecule has 82 valence electrons. The summed E-state index contributed by atoms with van der Waals surface area (Å²) >= 11 is 1.99. The summed E-state index contributed by atoms with van der Waals surface area (Å²) in [6.45, 7) is 0. The molecule has 0 amide bonds. The number of hydrogen-bond donors (Lipinski definition) is 0. The van der Waals surface area contributed by atoms with E-state index in [4.69, 9.17) is 0 Å². The zero-order valence-electron chi connectivity index (χ0n) is 7.98. The minimum Gasteiger partial charge on any atom is -0.206 e. The second kappa shape index (κ2) is 4.45. The fraction of sp³-hybridized carbons (Fsp3) is 0. The van der Waals surface area contributed by atoms with Crippen molar-refractivity contribution in [2.75, 3.05) is 0 Å². The van der Waals surface area contributed by atoms with Crippen LogP contribution in [0.4, 0.5) is 13.2 Å².